The van der Waals surface area contributed by atoms with Crippen LogP contribution < -0.4 is 10.5 Å². The molecule has 1 heterocycles. The Morgan fingerprint density at radius 1 is 1.58 bits per heavy atom. The summed E-state index contributed by atoms with van der Waals surface area (Å²) in [7, 11) is 0. The van der Waals surface area contributed by atoms with Crippen LogP contribution in [0.4, 0.5) is 0 Å². The van der Waals surface area contributed by atoms with E-state index in [1.54, 1.807) is 0 Å². The number of ether oxygens (including phenoxy) is 1. The van der Waals surface area contributed by atoms with E-state index in [4.69, 9.17) is 10.5 Å². The van der Waals surface area contributed by atoms with E-state index in [-0.39, 0.29) is 6.04 Å². The minimum Gasteiger partial charge on any atom is -0.491 e. The third-order valence-electron chi connectivity index (χ3n) is 2.11. The van der Waals surface area contributed by atoms with Gasteiger partial charge in [-0.25, -0.2) is 0 Å². The molecule has 64 valence electrons. The largest absolute Gasteiger partial charge is 0.491 e. The molecule has 12 heavy (non-hydrogen) atoms. The lowest BCUT2D eigenvalue weighted by molar-refractivity contribution is 0.333. The summed E-state index contributed by atoms with van der Waals surface area (Å²) in [6.45, 7) is 2.70. The average molecular weight is 275 g/mol. The van der Waals surface area contributed by atoms with E-state index in [0.29, 0.717) is 6.61 Å². The number of fused-ring (bicyclic) bond motifs is 1. The zero-order valence-electron chi connectivity index (χ0n) is 6.80. The van der Waals surface area contributed by atoms with Crippen LogP contribution in [0.1, 0.15) is 17.2 Å². The van der Waals surface area contributed by atoms with E-state index < -0.39 is 0 Å². The van der Waals surface area contributed by atoms with Gasteiger partial charge in [-0.3, -0.25) is 0 Å². The maximum Gasteiger partial charge on any atom is 0.124 e. The van der Waals surface area contributed by atoms with E-state index in [0.717, 1.165) is 11.3 Å². The average Bonchev–Trinajstić information content (AvgIpc) is 2.35. The number of benzene rings is 1. The molecule has 2 N–H and O–H groups in total. The SMILES string of the molecule is Cc1cc2c(cc1I)[C@@H](N)CO2. The summed E-state index contributed by atoms with van der Waals surface area (Å²) in [6, 6.07) is 4.24. The van der Waals surface area contributed by atoms with Crippen LogP contribution in [0.5, 0.6) is 5.75 Å². The predicted molar refractivity (Wildman–Crippen MR) is 56.3 cm³/mol. The van der Waals surface area contributed by atoms with Crippen molar-refractivity contribution in [3.63, 3.8) is 0 Å². The second kappa shape index (κ2) is 2.88. The van der Waals surface area contributed by atoms with Gasteiger partial charge in [-0.15, -0.1) is 0 Å². The van der Waals surface area contributed by atoms with Gasteiger partial charge in [-0.2, -0.15) is 0 Å². The molecule has 0 saturated heterocycles. The maximum absolute atomic E-state index is 5.84. The number of nitrogens with two attached hydrogens (primary N) is 1. The van der Waals surface area contributed by atoms with E-state index in [2.05, 4.69) is 41.6 Å². The van der Waals surface area contributed by atoms with Gasteiger partial charge in [0.1, 0.15) is 12.4 Å². The highest BCUT2D eigenvalue weighted by atomic mass is 127. The molecule has 1 aromatic carbocycles. The van der Waals surface area contributed by atoms with Crippen molar-refractivity contribution in [2.75, 3.05) is 6.61 Å². The Morgan fingerprint density at radius 2 is 2.33 bits per heavy atom. The number of hydrogen-bond acceptors (Lipinski definition) is 2. The third kappa shape index (κ3) is 1.21. The Labute approximate surface area is 85.2 Å². The first-order valence-electron chi connectivity index (χ1n) is 3.87. The zero-order chi connectivity index (χ0) is 8.72. The fourth-order valence-electron chi connectivity index (χ4n) is 1.35. The molecule has 3 heteroatoms. The van der Waals surface area contributed by atoms with Gasteiger partial charge in [0.15, 0.2) is 0 Å². The van der Waals surface area contributed by atoms with Crippen LogP contribution in [-0.4, -0.2) is 6.61 Å². The van der Waals surface area contributed by atoms with Gasteiger partial charge in [0, 0.05) is 9.13 Å². The highest BCUT2D eigenvalue weighted by Gasteiger charge is 2.21. The maximum atomic E-state index is 5.84. The van der Waals surface area contributed by atoms with Gasteiger partial charge in [0.05, 0.1) is 6.04 Å². The molecule has 0 aromatic heterocycles. The summed E-state index contributed by atoms with van der Waals surface area (Å²) < 4.78 is 6.67. The first-order chi connectivity index (χ1) is 5.68. The summed E-state index contributed by atoms with van der Waals surface area (Å²) in [5.41, 5.74) is 8.23. The zero-order valence-corrected chi connectivity index (χ0v) is 8.96. The quantitative estimate of drug-likeness (QED) is 0.735. The lowest BCUT2D eigenvalue weighted by Gasteiger charge is -2.03. The second-order valence-corrected chi connectivity index (χ2v) is 4.22. The van der Waals surface area contributed by atoms with Crippen LogP contribution >= 0.6 is 22.6 Å². The van der Waals surface area contributed by atoms with Gasteiger partial charge in [0.25, 0.3) is 0 Å². The molecule has 0 bridgehead atoms. The molecule has 0 radical (unpaired) electrons. The van der Waals surface area contributed by atoms with Crippen molar-refractivity contribution >= 4 is 22.6 Å². The van der Waals surface area contributed by atoms with Crippen molar-refractivity contribution in [2.45, 2.75) is 13.0 Å². The van der Waals surface area contributed by atoms with Gasteiger partial charge >= 0.3 is 0 Å². The molecule has 1 atom stereocenters. The number of hydrogen-bond donors (Lipinski definition) is 1. The van der Waals surface area contributed by atoms with E-state index in [9.17, 15) is 0 Å². The van der Waals surface area contributed by atoms with Crippen LogP contribution in [0.3, 0.4) is 0 Å². The summed E-state index contributed by atoms with van der Waals surface area (Å²) in [5, 5.41) is 0. The first kappa shape index (κ1) is 8.31. The van der Waals surface area contributed by atoms with Crippen LogP contribution in [0.2, 0.25) is 0 Å². The molecular weight excluding hydrogens is 265 g/mol. The smallest absolute Gasteiger partial charge is 0.124 e. The van der Waals surface area contributed by atoms with Crippen LogP contribution in [-0.2, 0) is 0 Å². The van der Waals surface area contributed by atoms with Crippen molar-refractivity contribution in [1.29, 1.82) is 0 Å². The van der Waals surface area contributed by atoms with Crippen molar-refractivity contribution in [3.05, 3.63) is 26.8 Å². The number of rotatable bonds is 0. The molecule has 1 aliphatic rings. The minimum absolute atomic E-state index is 0.0640. The fourth-order valence-corrected chi connectivity index (χ4v) is 1.85. The van der Waals surface area contributed by atoms with Gasteiger partial charge < -0.3 is 10.5 Å². The summed E-state index contributed by atoms with van der Waals surface area (Å²) >= 11 is 2.32. The lowest BCUT2D eigenvalue weighted by atomic mass is 10.1. The molecule has 0 aliphatic carbocycles. The monoisotopic (exact) mass is 275 g/mol. The Hall–Kier alpha value is -0.290. The summed E-state index contributed by atoms with van der Waals surface area (Å²) in [4.78, 5) is 0. The van der Waals surface area contributed by atoms with E-state index in [1.807, 2.05) is 0 Å². The van der Waals surface area contributed by atoms with Crippen molar-refractivity contribution in [2.24, 2.45) is 5.73 Å². The normalized spacial score (nSPS) is 20.4. The Morgan fingerprint density at radius 3 is 3.08 bits per heavy atom. The highest BCUT2D eigenvalue weighted by Crippen LogP contribution is 2.33. The predicted octanol–water partition coefficient (Wildman–Crippen LogP) is 1.99. The van der Waals surface area contributed by atoms with Crippen molar-refractivity contribution in [3.8, 4) is 5.75 Å². The molecule has 0 amide bonds. The Balaban J connectivity index is 2.56. The second-order valence-electron chi connectivity index (χ2n) is 3.06. The van der Waals surface area contributed by atoms with Gasteiger partial charge in [-0.05, 0) is 47.2 Å². The minimum atomic E-state index is 0.0640. The molecule has 0 fully saturated rings. The van der Waals surface area contributed by atoms with E-state index in [1.165, 1.54) is 9.13 Å². The van der Waals surface area contributed by atoms with Crippen LogP contribution in [0.15, 0.2) is 12.1 Å². The van der Waals surface area contributed by atoms with Crippen LogP contribution in [0.25, 0.3) is 0 Å². The standard InChI is InChI=1S/C9H10INO/c1-5-2-9-6(3-7(5)10)8(11)4-12-9/h2-3,8H,4,11H2,1H3/t8-/m0/s1. The highest BCUT2D eigenvalue weighted by molar-refractivity contribution is 14.1. The molecule has 0 unspecified atom stereocenters. The van der Waals surface area contributed by atoms with Crippen molar-refractivity contribution in [1.82, 2.24) is 0 Å². The van der Waals surface area contributed by atoms with Gasteiger partial charge in [0.2, 0.25) is 0 Å². The first-order valence-corrected chi connectivity index (χ1v) is 4.95. The third-order valence-corrected chi connectivity index (χ3v) is 3.27. The van der Waals surface area contributed by atoms with Gasteiger partial charge in [-0.1, -0.05) is 0 Å². The molecule has 0 saturated carbocycles. The van der Waals surface area contributed by atoms with Crippen molar-refractivity contribution < 1.29 is 4.74 Å². The van der Waals surface area contributed by atoms with E-state index >= 15 is 0 Å². The molecule has 2 rings (SSSR count). The molecular formula is C9H10INO. The molecule has 2 nitrogen and oxygen atoms in total. The Kier molecular flexibility index (Phi) is 2.00. The number of aryl methyl sites for hydroxylation is 1. The number of halogens is 1. The lowest BCUT2D eigenvalue weighted by Crippen LogP contribution is -2.10. The topological polar surface area (TPSA) is 35.2 Å². The summed E-state index contributed by atoms with van der Waals surface area (Å²) in [6.07, 6.45) is 0. The van der Waals surface area contributed by atoms with Crippen LogP contribution in [0, 0.1) is 10.5 Å². The molecule has 0 spiro atoms. The summed E-state index contributed by atoms with van der Waals surface area (Å²) in [5.74, 6) is 0.959. The molecule has 1 aliphatic heterocycles. The molecule has 1 aromatic rings. The fraction of sp³-hybridized carbons (Fsp3) is 0.333. The Bertz CT molecular complexity index is 325.